The van der Waals surface area contributed by atoms with Crippen molar-refractivity contribution in [3.05, 3.63) is 27.8 Å². The van der Waals surface area contributed by atoms with Crippen molar-refractivity contribution in [3.8, 4) is 0 Å². The number of hydrogen-bond acceptors (Lipinski definition) is 3. The molecule has 1 aliphatic rings. The molecule has 0 aromatic heterocycles. The summed E-state index contributed by atoms with van der Waals surface area (Å²) in [6, 6.07) is 6.90. The molecule has 106 valence electrons. The fraction of sp³-hybridized carbons (Fsp3) is 0.538. The molecule has 1 aliphatic heterocycles. The lowest BCUT2D eigenvalue weighted by Crippen LogP contribution is -2.49. The van der Waals surface area contributed by atoms with Crippen molar-refractivity contribution < 1.29 is 8.42 Å². The molecule has 1 heterocycles. The molecule has 0 saturated carbocycles. The summed E-state index contributed by atoms with van der Waals surface area (Å²) in [5.74, 6) is 0.539. The molecule has 19 heavy (non-hydrogen) atoms. The summed E-state index contributed by atoms with van der Waals surface area (Å²) in [6.45, 7) is 3.10. The van der Waals surface area contributed by atoms with E-state index < -0.39 is 10.0 Å². The van der Waals surface area contributed by atoms with Gasteiger partial charge >= 0.3 is 0 Å². The molecule has 0 amide bonds. The van der Waals surface area contributed by atoms with Gasteiger partial charge in [0.1, 0.15) is 0 Å². The van der Waals surface area contributed by atoms with Crippen molar-refractivity contribution in [1.82, 2.24) is 4.31 Å². The summed E-state index contributed by atoms with van der Waals surface area (Å²) in [5, 5.41) is 0. The molecule has 0 spiro atoms. The number of halogens is 1. The third kappa shape index (κ3) is 3.29. The quantitative estimate of drug-likeness (QED) is 0.799. The Balaban J connectivity index is 2.30. The van der Waals surface area contributed by atoms with Gasteiger partial charge in [-0.2, -0.15) is 4.31 Å². The second-order valence-corrected chi connectivity index (χ2v) is 8.22. The van der Waals surface area contributed by atoms with Gasteiger partial charge in [0, 0.05) is 22.7 Å². The van der Waals surface area contributed by atoms with Crippen LogP contribution in [0, 0.1) is 9.49 Å². The minimum atomic E-state index is -3.41. The fourth-order valence-electron chi connectivity index (χ4n) is 2.50. The maximum absolute atomic E-state index is 12.6. The third-order valence-electron chi connectivity index (χ3n) is 3.62. The van der Waals surface area contributed by atoms with Gasteiger partial charge in [0.15, 0.2) is 0 Å². The highest BCUT2D eigenvalue weighted by molar-refractivity contribution is 14.1. The van der Waals surface area contributed by atoms with E-state index in [-0.39, 0.29) is 6.04 Å². The van der Waals surface area contributed by atoms with E-state index in [0.29, 0.717) is 23.9 Å². The molecule has 1 aromatic rings. The minimum Gasteiger partial charge on any atom is -0.329 e. The van der Waals surface area contributed by atoms with Crippen molar-refractivity contribution in [2.75, 3.05) is 13.1 Å². The Morgan fingerprint density at radius 1 is 1.37 bits per heavy atom. The molecule has 2 rings (SSSR count). The zero-order valence-electron chi connectivity index (χ0n) is 10.9. The van der Waals surface area contributed by atoms with E-state index in [1.807, 2.05) is 12.1 Å². The molecule has 0 bridgehead atoms. The number of nitrogens with zero attached hydrogens (tertiary/aromatic N) is 1. The van der Waals surface area contributed by atoms with Gasteiger partial charge in [-0.25, -0.2) is 8.42 Å². The van der Waals surface area contributed by atoms with Crippen LogP contribution in [0.5, 0.6) is 0 Å². The van der Waals surface area contributed by atoms with Crippen molar-refractivity contribution >= 4 is 32.6 Å². The van der Waals surface area contributed by atoms with E-state index in [1.54, 1.807) is 16.4 Å². The Morgan fingerprint density at radius 2 is 2.00 bits per heavy atom. The zero-order chi connectivity index (χ0) is 14.0. The lowest BCUT2D eigenvalue weighted by Gasteiger charge is -2.36. The standard InChI is InChI=1S/C13H19IN2O2S/c1-10-6-7-16(12(8-10)9-15)19(17,18)13-4-2-11(14)3-5-13/h2-5,10,12H,6-9,15H2,1H3. The van der Waals surface area contributed by atoms with Gasteiger partial charge in [-0.05, 0) is 65.6 Å². The van der Waals surface area contributed by atoms with Crippen LogP contribution in [0.15, 0.2) is 29.2 Å². The molecule has 1 saturated heterocycles. The first-order valence-electron chi connectivity index (χ1n) is 6.42. The van der Waals surface area contributed by atoms with Gasteiger partial charge in [-0.3, -0.25) is 0 Å². The molecule has 2 unspecified atom stereocenters. The number of rotatable bonds is 3. The van der Waals surface area contributed by atoms with E-state index in [9.17, 15) is 8.42 Å². The lowest BCUT2D eigenvalue weighted by molar-refractivity contribution is 0.211. The summed E-state index contributed by atoms with van der Waals surface area (Å²) in [4.78, 5) is 0.362. The monoisotopic (exact) mass is 394 g/mol. The summed E-state index contributed by atoms with van der Waals surface area (Å²) >= 11 is 2.16. The first-order chi connectivity index (χ1) is 8.95. The van der Waals surface area contributed by atoms with Crippen molar-refractivity contribution in [3.63, 3.8) is 0 Å². The van der Waals surface area contributed by atoms with E-state index in [1.165, 1.54) is 0 Å². The number of nitrogens with two attached hydrogens (primary N) is 1. The number of benzene rings is 1. The predicted octanol–water partition coefficient (Wildman–Crippen LogP) is 2.04. The lowest BCUT2D eigenvalue weighted by atomic mass is 9.94. The fourth-order valence-corrected chi connectivity index (χ4v) is 4.52. The van der Waals surface area contributed by atoms with Gasteiger partial charge in [0.2, 0.25) is 10.0 Å². The van der Waals surface area contributed by atoms with Gasteiger partial charge in [-0.1, -0.05) is 6.92 Å². The van der Waals surface area contributed by atoms with Gasteiger partial charge in [0.25, 0.3) is 0 Å². The highest BCUT2D eigenvalue weighted by atomic mass is 127. The predicted molar refractivity (Wildman–Crippen MR) is 84.3 cm³/mol. The Kier molecular flexibility index (Phi) is 4.86. The summed E-state index contributed by atoms with van der Waals surface area (Å²) in [5.41, 5.74) is 5.75. The average Bonchev–Trinajstić information content (AvgIpc) is 2.38. The van der Waals surface area contributed by atoms with Gasteiger partial charge in [0.05, 0.1) is 4.90 Å². The van der Waals surface area contributed by atoms with Crippen molar-refractivity contribution in [2.24, 2.45) is 11.7 Å². The largest absolute Gasteiger partial charge is 0.329 e. The maximum Gasteiger partial charge on any atom is 0.243 e. The van der Waals surface area contributed by atoms with E-state index in [0.717, 1.165) is 16.4 Å². The van der Waals surface area contributed by atoms with Gasteiger partial charge in [-0.15, -0.1) is 0 Å². The second kappa shape index (κ2) is 6.07. The third-order valence-corrected chi connectivity index (χ3v) is 6.30. The van der Waals surface area contributed by atoms with Crippen molar-refractivity contribution in [2.45, 2.75) is 30.7 Å². The highest BCUT2D eigenvalue weighted by Gasteiger charge is 2.34. The summed E-state index contributed by atoms with van der Waals surface area (Å²) < 4.78 is 27.9. The smallest absolute Gasteiger partial charge is 0.243 e. The van der Waals surface area contributed by atoms with Crippen LogP contribution in [-0.4, -0.2) is 31.9 Å². The van der Waals surface area contributed by atoms with E-state index in [2.05, 4.69) is 29.5 Å². The summed E-state index contributed by atoms with van der Waals surface area (Å²) in [6.07, 6.45) is 1.75. The first-order valence-corrected chi connectivity index (χ1v) is 8.94. The van der Waals surface area contributed by atoms with Crippen LogP contribution in [0.25, 0.3) is 0 Å². The van der Waals surface area contributed by atoms with Crippen LogP contribution < -0.4 is 5.73 Å². The normalized spacial score (nSPS) is 25.4. The topological polar surface area (TPSA) is 63.4 Å². The SMILES string of the molecule is CC1CCN(S(=O)(=O)c2ccc(I)cc2)C(CN)C1. The molecule has 2 N–H and O–H groups in total. The van der Waals surface area contributed by atoms with E-state index >= 15 is 0 Å². The number of piperidine rings is 1. The molecule has 1 aromatic carbocycles. The van der Waals surface area contributed by atoms with Crippen LogP contribution in [0.2, 0.25) is 0 Å². The Labute approximate surface area is 128 Å². The molecular formula is C13H19IN2O2S. The van der Waals surface area contributed by atoms with Crippen LogP contribution >= 0.6 is 22.6 Å². The highest BCUT2D eigenvalue weighted by Crippen LogP contribution is 2.28. The maximum atomic E-state index is 12.6. The zero-order valence-corrected chi connectivity index (χ0v) is 13.9. The molecule has 2 atom stereocenters. The Bertz CT molecular complexity index is 530. The Hall–Kier alpha value is -0.180. The van der Waals surface area contributed by atoms with Crippen molar-refractivity contribution in [1.29, 1.82) is 0 Å². The summed E-state index contributed by atoms with van der Waals surface area (Å²) in [7, 11) is -3.41. The molecule has 1 fully saturated rings. The molecular weight excluding hydrogens is 375 g/mol. The molecule has 4 nitrogen and oxygen atoms in total. The molecule has 6 heteroatoms. The number of sulfonamides is 1. The molecule has 0 radical (unpaired) electrons. The molecule has 0 aliphatic carbocycles. The second-order valence-electron chi connectivity index (χ2n) is 5.09. The number of hydrogen-bond donors (Lipinski definition) is 1. The van der Waals surface area contributed by atoms with Crippen LogP contribution in [-0.2, 0) is 10.0 Å². The average molecular weight is 394 g/mol. The van der Waals surface area contributed by atoms with E-state index in [4.69, 9.17) is 5.73 Å². The Morgan fingerprint density at radius 3 is 2.58 bits per heavy atom. The van der Waals surface area contributed by atoms with Crippen LogP contribution in [0.1, 0.15) is 19.8 Å². The van der Waals surface area contributed by atoms with Gasteiger partial charge < -0.3 is 5.73 Å². The first kappa shape index (κ1) is 15.2. The van der Waals surface area contributed by atoms with Crippen LogP contribution in [0.4, 0.5) is 0 Å². The van der Waals surface area contributed by atoms with Crippen LogP contribution in [0.3, 0.4) is 0 Å². The minimum absolute atomic E-state index is 0.0759.